The molecular formula is C15H28N2O. The zero-order chi connectivity index (χ0) is 13.4. The lowest BCUT2D eigenvalue weighted by Crippen LogP contribution is -2.27. The molecule has 1 unspecified atom stereocenters. The molecule has 104 valence electrons. The molecule has 3 nitrogen and oxygen atoms in total. The van der Waals surface area contributed by atoms with Crippen LogP contribution in [0.4, 0.5) is 0 Å². The van der Waals surface area contributed by atoms with E-state index in [0.717, 1.165) is 26.1 Å². The summed E-state index contributed by atoms with van der Waals surface area (Å²) >= 11 is 0. The lowest BCUT2D eigenvalue weighted by Gasteiger charge is -2.09. The van der Waals surface area contributed by atoms with Gasteiger partial charge >= 0.3 is 0 Å². The van der Waals surface area contributed by atoms with E-state index in [1.807, 2.05) is 0 Å². The first-order chi connectivity index (χ1) is 8.35. The van der Waals surface area contributed by atoms with Crippen molar-refractivity contribution in [3.8, 4) is 0 Å². The van der Waals surface area contributed by atoms with E-state index in [4.69, 9.17) is 0 Å². The fourth-order valence-corrected chi connectivity index (χ4v) is 3.44. The van der Waals surface area contributed by atoms with Gasteiger partial charge in [-0.15, -0.1) is 0 Å². The van der Waals surface area contributed by atoms with E-state index in [2.05, 4.69) is 38.3 Å². The predicted octanol–water partition coefficient (Wildman–Crippen LogP) is 2.17. The van der Waals surface area contributed by atoms with Gasteiger partial charge in [-0.3, -0.25) is 4.79 Å². The SMILES string of the molecule is CC1(C)C(CNC(=O)CCC2CCNC2)C1(C)C. The molecule has 3 heteroatoms. The predicted molar refractivity (Wildman–Crippen MR) is 74.3 cm³/mol. The van der Waals surface area contributed by atoms with E-state index in [-0.39, 0.29) is 5.91 Å². The van der Waals surface area contributed by atoms with Crippen LogP contribution in [0, 0.1) is 22.7 Å². The summed E-state index contributed by atoms with van der Waals surface area (Å²) in [5.41, 5.74) is 0.741. The first kappa shape index (κ1) is 13.9. The highest BCUT2D eigenvalue weighted by Crippen LogP contribution is 2.67. The third-order valence-corrected chi connectivity index (χ3v) is 5.77. The van der Waals surface area contributed by atoms with Gasteiger partial charge in [0.1, 0.15) is 0 Å². The van der Waals surface area contributed by atoms with Gasteiger partial charge in [0.15, 0.2) is 0 Å². The van der Waals surface area contributed by atoms with Crippen LogP contribution in [0.15, 0.2) is 0 Å². The number of carbonyl (C=O) groups excluding carboxylic acids is 1. The minimum atomic E-state index is 0.236. The van der Waals surface area contributed by atoms with Gasteiger partial charge in [-0.1, -0.05) is 27.7 Å². The van der Waals surface area contributed by atoms with Crippen LogP contribution in [-0.2, 0) is 4.79 Å². The summed E-state index contributed by atoms with van der Waals surface area (Å²) in [6, 6.07) is 0. The third kappa shape index (κ3) is 2.56. The first-order valence-electron chi connectivity index (χ1n) is 7.33. The van der Waals surface area contributed by atoms with Gasteiger partial charge in [0.05, 0.1) is 0 Å². The van der Waals surface area contributed by atoms with Gasteiger partial charge < -0.3 is 10.6 Å². The topological polar surface area (TPSA) is 41.1 Å². The molecule has 0 aromatic carbocycles. The minimum Gasteiger partial charge on any atom is -0.356 e. The number of nitrogens with one attached hydrogen (secondary N) is 2. The lowest BCUT2D eigenvalue weighted by atomic mass is 10.0. The second kappa shape index (κ2) is 4.84. The Balaban J connectivity index is 1.64. The van der Waals surface area contributed by atoms with Crippen LogP contribution < -0.4 is 10.6 Å². The van der Waals surface area contributed by atoms with Crippen molar-refractivity contribution >= 4 is 5.91 Å². The largest absolute Gasteiger partial charge is 0.356 e. The van der Waals surface area contributed by atoms with Gasteiger partial charge in [-0.25, -0.2) is 0 Å². The van der Waals surface area contributed by atoms with Gasteiger partial charge in [0, 0.05) is 13.0 Å². The number of hydrogen-bond acceptors (Lipinski definition) is 2. The summed E-state index contributed by atoms with van der Waals surface area (Å²) in [7, 11) is 0. The molecule has 1 aliphatic carbocycles. The molecule has 0 bridgehead atoms. The molecule has 1 amide bonds. The summed E-state index contributed by atoms with van der Waals surface area (Å²) in [5, 5.41) is 6.47. The minimum absolute atomic E-state index is 0.236. The molecule has 0 aromatic rings. The summed E-state index contributed by atoms with van der Waals surface area (Å²) in [6.07, 6.45) is 2.96. The summed E-state index contributed by atoms with van der Waals surface area (Å²) < 4.78 is 0. The summed E-state index contributed by atoms with van der Waals surface area (Å²) in [4.78, 5) is 11.8. The fourth-order valence-electron chi connectivity index (χ4n) is 3.44. The highest BCUT2D eigenvalue weighted by atomic mass is 16.1. The molecule has 2 fully saturated rings. The van der Waals surface area contributed by atoms with E-state index in [9.17, 15) is 4.79 Å². The van der Waals surface area contributed by atoms with Crippen molar-refractivity contribution in [2.45, 2.75) is 47.0 Å². The Labute approximate surface area is 111 Å². The van der Waals surface area contributed by atoms with Gasteiger partial charge in [-0.05, 0) is 48.6 Å². The average Bonchev–Trinajstić information content (AvgIpc) is 2.71. The summed E-state index contributed by atoms with van der Waals surface area (Å²) in [5.74, 6) is 1.58. The van der Waals surface area contributed by atoms with Gasteiger partial charge in [-0.2, -0.15) is 0 Å². The number of rotatable bonds is 5. The molecule has 2 N–H and O–H groups in total. The highest BCUT2D eigenvalue weighted by Gasteiger charge is 2.64. The maximum Gasteiger partial charge on any atom is 0.220 e. The zero-order valence-electron chi connectivity index (χ0n) is 12.3. The van der Waals surface area contributed by atoms with Crippen LogP contribution in [0.1, 0.15) is 47.0 Å². The molecule has 2 aliphatic rings. The molecule has 1 saturated heterocycles. The van der Waals surface area contributed by atoms with Crippen LogP contribution in [0.3, 0.4) is 0 Å². The van der Waals surface area contributed by atoms with Gasteiger partial charge in [0.2, 0.25) is 5.91 Å². The molecule has 1 heterocycles. The Morgan fingerprint density at radius 3 is 2.44 bits per heavy atom. The van der Waals surface area contributed by atoms with E-state index in [1.54, 1.807) is 0 Å². The first-order valence-corrected chi connectivity index (χ1v) is 7.33. The Kier molecular flexibility index (Phi) is 3.72. The van der Waals surface area contributed by atoms with Crippen molar-refractivity contribution in [3.63, 3.8) is 0 Å². The third-order valence-electron chi connectivity index (χ3n) is 5.77. The molecule has 1 aliphatic heterocycles. The smallest absolute Gasteiger partial charge is 0.220 e. The number of carbonyl (C=O) groups is 1. The van der Waals surface area contributed by atoms with Crippen molar-refractivity contribution in [1.29, 1.82) is 0 Å². The van der Waals surface area contributed by atoms with Crippen LogP contribution in [0.5, 0.6) is 0 Å². The Hall–Kier alpha value is -0.570. The molecule has 0 radical (unpaired) electrons. The average molecular weight is 252 g/mol. The highest BCUT2D eigenvalue weighted by molar-refractivity contribution is 5.75. The van der Waals surface area contributed by atoms with Gasteiger partial charge in [0.25, 0.3) is 0 Å². The maximum atomic E-state index is 11.8. The normalized spacial score (nSPS) is 29.2. The van der Waals surface area contributed by atoms with Crippen molar-refractivity contribution in [2.24, 2.45) is 22.7 Å². The number of amides is 1. The van der Waals surface area contributed by atoms with Crippen molar-refractivity contribution in [1.82, 2.24) is 10.6 Å². The Morgan fingerprint density at radius 2 is 1.94 bits per heavy atom. The second-order valence-electron chi connectivity index (χ2n) is 7.20. The van der Waals surface area contributed by atoms with Crippen molar-refractivity contribution in [3.05, 3.63) is 0 Å². The maximum absolute atomic E-state index is 11.8. The van der Waals surface area contributed by atoms with Crippen molar-refractivity contribution < 1.29 is 4.79 Å². The molecule has 2 rings (SSSR count). The molecule has 0 spiro atoms. The molecule has 1 atom stereocenters. The summed E-state index contributed by atoms with van der Waals surface area (Å²) in [6.45, 7) is 12.3. The monoisotopic (exact) mass is 252 g/mol. The van der Waals surface area contributed by atoms with E-state index in [0.29, 0.717) is 29.1 Å². The molecule has 0 aromatic heterocycles. The molecule has 1 saturated carbocycles. The lowest BCUT2D eigenvalue weighted by molar-refractivity contribution is -0.121. The van der Waals surface area contributed by atoms with Crippen LogP contribution >= 0.6 is 0 Å². The zero-order valence-corrected chi connectivity index (χ0v) is 12.3. The Morgan fingerprint density at radius 1 is 1.28 bits per heavy atom. The molecular weight excluding hydrogens is 224 g/mol. The van der Waals surface area contributed by atoms with Crippen LogP contribution in [0.2, 0.25) is 0 Å². The van der Waals surface area contributed by atoms with E-state index in [1.165, 1.54) is 6.42 Å². The number of hydrogen-bond donors (Lipinski definition) is 2. The fraction of sp³-hybridized carbons (Fsp3) is 0.933. The van der Waals surface area contributed by atoms with Crippen molar-refractivity contribution in [2.75, 3.05) is 19.6 Å². The second-order valence-corrected chi connectivity index (χ2v) is 7.20. The Bertz CT molecular complexity index is 302. The quantitative estimate of drug-likeness (QED) is 0.787. The van der Waals surface area contributed by atoms with Crippen LogP contribution in [0.25, 0.3) is 0 Å². The molecule has 18 heavy (non-hydrogen) atoms. The van der Waals surface area contributed by atoms with E-state index < -0.39 is 0 Å². The van der Waals surface area contributed by atoms with E-state index >= 15 is 0 Å². The standard InChI is InChI=1S/C15H28N2O/c1-14(2)12(15(14,3)4)10-17-13(18)6-5-11-7-8-16-9-11/h11-12,16H,5-10H2,1-4H3,(H,17,18). The van der Waals surface area contributed by atoms with Crippen LogP contribution in [-0.4, -0.2) is 25.5 Å².